The number of carboxylic acid groups (broad SMARTS) is 1. The van der Waals surface area contributed by atoms with Crippen LogP contribution in [0.5, 0.6) is 0 Å². The number of aliphatic carboxylic acids is 1. The van der Waals surface area contributed by atoms with Crippen LogP contribution in [0.3, 0.4) is 0 Å². The summed E-state index contributed by atoms with van der Waals surface area (Å²) >= 11 is 0. The lowest BCUT2D eigenvalue weighted by molar-refractivity contribution is -0.141. The summed E-state index contributed by atoms with van der Waals surface area (Å²) in [5, 5.41) is 14.6. The number of hydrogen-bond donors (Lipinski definition) is 3. The standard InChI is InChI=1S/C11H20N2O3/c1-3-11(5-4-6-13-11)10(16)12-7-8(2)9(14)15/h8,13H,3-7H2,1-2H3,(H,12,16)(H,14,15). The van der Waals surface area contributed by atoms with E-state index >= 15 is 0 Å². The zero-order valence-electron chi connectivity index (χ0n) is 9.88. The predicted octanol–water partition coefficient (Wildman–Crippen LogP) is 0.355. The Balaban J connectivity index is 2.48. The highest BCUT2D eigenvalue weighted by molar-refractivity contribution is 5.87. The molecule has 16 heavy (non-hydrogen) atoms. The number of nitrogens with one attached hydrogen (secondary N) is 2. The van der Waals surface area contributed by atoms with Crippen molar-refractivity contribution in [3.05, 3.63) is 0 Å². The van der Waals surface area contributed by atoms with Gasteiger partial charge in [-0.15, -0.1) is 0 Å². The molecular weight excluding hydrogens is 208 g/mol. The molecule has 1 aliphatic rings. The lowest BCUT2D eigenvalue weighted by Crippen LogP contribution is -2.54. The summed E-state index contributed by atoms with van der Waals surface area (Å²) in [6, 6.07) is 0. The summed E-state index contributed by atoms with van der Waals surface area (Å²) in [6.07, 6.45) is 2.56. The number of hydrogen-bond acceptors (Lipinski definition) is 3. The van der Waals surface area contributed by atoms with Crippen LogP contribution in [0, 0.1) is 5.92 Å². The van der Waals surface area contributed by atoms with Crippen molar-refractivity contribution in [3.63, 3.8) is 0 Å². The van der Waals surface area contributed by atoms with E-state index in [0.717, 1.165) is 25.8 Å². The second-order valence-corrected chi connectivity index (χ2v) is 4.42. The van der Waals surface area contributed by atoms with Crippen molar-refractivity contribution in [2.24, 2.45) is 5.92 Å². The van der Waals surface area contributed by atoms with Crippen LogP contribution in [0.4, 0.5) is 0 Å². The molecule has 1 amide bonds. The van der Waals surface area contributed by atoms with Gasteiger partial charge in [0.15, 0.2) is 0 Å². The minimum absolute atomic E-state index is 0.0689. The van der Waals surface area contributed by atoms with Gasteiger partial charge in [-0.1, -0.05) is 13.8 Å². The minimum Gasteiger partial charge on any atom is -0.481 e. The second kappa shape index (κ2) is 5.30. The van der Waals surface area contributed by atoms with Gasteiger partial charge < -0.3 is 15.7 Å². The topological polar surface area (TPSA) is 78.4 Å². The number of rotatable bonds is 5. The lowest BCUT2D eigenvalue weighted by atomic mass is 9.93. The Morgan fingerprint density at radius 1 is 1.56 bits per heavy atom. The third-order valence-electron chi connectivity index (χ3n) is 3.27. The van der Waals surface area contributed by atoms with E-state index in [1.807, 2.05) is 6.92 Å². The van der Waals surface area contributed by atoms with Crippen molar-refractivity contribution in [2.75, 3.05) is 13.1 Å². The molecule has 92 valence electrons. The Morgan fingerprint density at radius 3 is 2.69 bits per heavy atom. The first kappa shape index (κ1) is 13.0. The maximum absolute atomic E-state index is 12.0. The van der Waals surface area contributed by atoms with Crippen LogP contribution in [-0.4, -0.2) is 35.6 Å². The fourth-order valence-electron chi connectivity index (χ4n) is 1.96. The van der Waals surface area contributed by atoms with E-state index in [-0.39, 0.29) is 12.5 Å². The molecule has 0 aromatic carbocycles. The molecule has 2 atom stereocenters. The molecule has 1 heterocycles. The van der Waals surface area contributed by atoms with E-state index in [4.69, 9.17) is 5.11 Å². The average molecular weight is 228 g/mol. The van der Waals surface area contributed by atoms with Crippen molar-refractivity contribution in [3.8, 4) is 0 Å². The van der Waals surface area contributed by atoms with E-state index in [1.54, 1.807) is 6.92 Å². The first-order chi connectivity index (χ1) is 7.52. The third kappa shape index (κ3) is 2.72. The summed E-state index contributed by atoms with van der Waals surface area (Å²) in [4.78, 5) is 22.6. The first-order valence-electron chi connectivity index (χ1n) is 5.78. The monoisotopic (exact) mass is 228 g/mol. The second-order valence-electron chi connectivity index (χ2n) is 4.42. The van der Waals surface area contributed by atoms with Crippen molar-refractivity contribution in [1.29, 1.82) is 0 Å². The molecule has 0 radical (unpaired) electrons. The highest BCUT2D eigenvalue weighted by atomic mass is 16.4. The zero-order chi connectivity index (χ0) is 12.2. The average Bonchev–Trinajstić information content (AvgIpc) is 2.74. The molecular formula is C11H20N2O3. The molecule has 5 nitrogen and oxygen atoms in total. The maximum atomic E-state index is 12.0. The zero-order valence-corrected chi connectivity index (χ0v) is 9.88. The van der Waals surface area contributed by atoms with Crippen LogP contribution in [-0.2, 0) is 9.59 Å². The van der Waals surface area contributed by atoms with Crippen molar-refractivity contribution in [1.82, 2.24) is 10.6 Å². The van der Waals surface area contributed by atoms with Gasteiger partial charge in [0, 0.05) is 6.54 Å². The lowest BCUT2D eigenvalue weighted by Gasteiger charge is -2.27. The van der Waals surface area contributed by atoms with Gasteiger partial charge in [-0.2, -0.15) is 0 Å². The number of carbonyl (C=O) groups excluding carboxylic acids is 1. The summed E-state index contributed by atoms with van der Waals surface area (Å²) < 4.78 is 0. The van der Waals surface area contributed by atoms with E-state index in [2.05, 4.69) is 10.6 Å². The van der Waals surface area contributed by atoms with Gasteiger partial charge in [0.1, 0.15) is 0 Å². The minimum atomic E-state index is -0.884. The molecule has 3 N–H and O–H groups in total. The Kier molecular flexibility index (Phi) is 4.29. The predicted molar refractivity (Wildman–Crippen MR) is 60.1 cm³/mol. The van der Waals surface area contributed by atoms with Gasteiger partial charge in [0.05, 0.1) is 11.5 Å². The van der Waals surface area contributed by atoms with Crippen LogP contribution in [0.2, 0.25) is 0 Å². The van der Waals surface area contributed by atoms with Gasteiger partial charge in [-0.05, 0) is 25.8 Å². The highest BCUT2D eigenvalue weighted by Crippen LogP contribution is 2.22. The summed E-state index contributed by atoms with van der Waals surface area (Å²) in [6.45, 7) is 4.61. The van der Waals surface area contributed by atoms with E-state index < -0.39 is 17.4 Å². The first-order valence-corrected chi connectivity index (χ1v) is 5.78. The normalized spacial score (nSPS) is 26.4. The maximum Gasteiger partial charge on any atom is 0.308 e. The van der Waals surface area contributed by atoms with Crippen LogP contribution < -0.4 is 10.6 Å². The van der Waals surface area contributed by atoms with Crippen LogP contribution in [0.15, 0.2) is 0 Å². The molecule has 0 saturated carbocycles. The Hall–Kier alpha value is -1.10. The fourth-order valence-corrected chi connectivity index (χ4v) is 1.96. The Morgan fingerprint density at radius 2 is 2.25 bits per heavy atom. The summed E-state index contributed by atoms with van der Waals surface area (Å²) in [5.74, 6) is -1.50. The van der Waals surface area contributed by atoms with Crippen LogP contribution in [0.1, 0.15) is 33.1 Å². The molecule has 0 aromatic rings. The molecule has 5 heteroatoms. The largest absolute Gasteiger partial charge is 0.481 e. The number of amides is 1. The van der Waals surface area contributed by atoms with Crippen molar-refractivity contribution in [2.45, 2.75) is 38.6 Å². The molecule has 1 aliphatic heterocycles. The summed E-state index contributed by atoms with van der Waals surface area (Å²) in [5.41, 5.74) is -0.474. The molecule has 0 aromatic heterocycles. The fraction of sp³-hybridized carbons (Fsp3) is 0.818. The molecule has 1 saturated heterocycles. The number of carbonyl (C=O) groups is 2. The highest BCUT2D eigenvalue weighted by Gasteiger charge is 2.38. The van der Waals surface area contributed by atoms with Gasteiger partial charge >= 0.3 is 5.97 Å². The molecule has 1 fully saturated rings. The van der Waals surface area contributed by atoms with E-state index in [0.29, 0.717) is 0 Å². The number of carboxylic acids is 1. The smallest absolute Gasteiger partial charge is 0.308 e. The molecule has 0 spiro atoms. The molecule has 2 unspecified atom stereocenters. The van der Waals surface area contributed by atoms with Crippen molar-refractivity contribution < 1.29 is 14.7 Å². The van der Waals surface area contributed by atoms with Crippen LogP contribution >= 0.6 is 0 Å². The molecule has 0 aliphatic carbocycles. The summed E-state index contributed by atoms with van der Waals surface area (Å²) in [7, 11) is 0. The molecule has 0 bridgehead atoms. The van der Waals surface area contributed by atoms with Gasteiger partial charge in [0.25, 0.3) is 0 Å². The van der Waals surface area contributed by atoms with Gasteiger partial charge in [-0.3, -0.25) is 9.59 Å². The SMILES string of the molecule is CCC1(C(=O)NCC(C)C(=O)O)CCCN1. The Bertz CT molecular complexity index is 272. The van der Waals surface area contributed by atoms with E-state index in [9.17, 15) is 9.59 Å². The van der Waals surface area contributed by atoms with Crippen molar-refractivity contribution >= 4 is 11.9 Å². The quantitative estimate of drug-likeness (QED) is 0.634. The Labute approximate surface area is 95.6 Å². The van der Waals surface area contributed by atoms with Gasteiger partial charge in [0.2, 0.25) is 5.91 Å². The van der Waals surface area contributed by atoms with E-state index in [1.165, 1.54) is 0 Å². The molecule has 1 rings (SSSR count). The third-order valence-corrected chi connectivity index (χ3v) is 3.27. The van der Waals surface area contributed by atoms with Crippen LogP contribution in [0.25, 0.3) is 0 Å². The van der Waals surface area contributed by atoms with Gasteiger partial charge in [-0.25, -0.2) is 0 Å².